The second kappa shape index (κ2) is 4.45. The van der Waals surface area contributed by atoms with Gasteiger partial charge in [0.25, 0.3) is 0 Å². The fourth-order valence-corrected chi connectivity index (χ4v) is 2.10. The van der Waals surface area contributed by atoms with E-state index in [9.17, 15) is 4.79 Å². The molecular weight excluding hydrogens is 176 g/mol. The average Bonchev–Trinajstić information content (AvgIpc) is 2.13. The van der Waals surface area contributed by atoms with Crippen molar-refractivity contribution in [2.24, 2.45) is 17.8 Å². The largest absolute Gasteiger partial charge is 0.345 e. The molecule has 2 unspecified atom stereocenters. The van der Waals surface area contributed by atoms with Crippen LogP contribution >= 0.6 is 0 Å². The van der Waals surface area contributed by atoms with Crippen LogP contribution in [0.2, 0.25) is 0 Å². The molecule has 14 heavy (non-hydrogen) atoms. The Balaban J connectivity index is 2.75. The van der Waals surface area contributed by atoms with Gasteiger partial charge in [0, 0.05) is 13.6 Å². The highest BCUT2D eigenvalue weighted by Crippen LogP contribution is 2.29. The molecule has 0 N–H and O–H groups in total. The van der Waals surface area contributed by atoms with Gasteiger partial charge < -0.3 is 4.90 Å². The molecule has 2 atom stereocenters. The van der Waals surface area contributed by atoms with Crippen LogP contribution in [0.3, 0.4) is 0 Å². The highest BCUT2D eigenvalue weighted by atomic mass is 16.2. The summed E-state index contributed by atoms with van der Waals surface area (Å²) in [6.45, 7) is 4.86. The van der Waals surface area contributed by atoms with Crippen molar-refractivity contribution < 1.29 is 4.79 Å². The SMILES string of the molecule is CC(C)C(C#N)C1CCCN(C)C1=O. The number of carbonyl (C=O) groups is 1. The molecule has 3 nitrogen and oxygen atoms in total. The molecule has 1 rings (SSSR count). The van der Waals surface area contributed by atoms with Gasteiger partial charge in [-0.05, 0) is 18.8 Å². The smallest absolute Gasteiger partial charge is 0.226 e. The molecule has 0 aromatic heterocycles. The van der Waals surface area contributed by atoms with Crippen LogP contribution in [0.5, 0.6) is 0 Å². The van der Waals surface area contributed by atoms with E-state index in [1.165, 1.54) is 0 Å². The van der Waals surface area contributed by atoms with E-state index in [-0.39, 0.29) is 23.7 Å². The van der Waals surface area contributed by atoms with Crippen LogP contribution in [0.25, 0.3) is 0 Å². The molecule has 1 saturated heterocycles. The summed E-state index contributed by atoms with van der Waals surface area (Å²) < 4.78 is 0. The second-order valence-electron chi connectivity index (χ2n) is 4.41. The molecule has 0 saturated carbocycles. The van der Waals surface area contributed by atoms with Crippen molar-refractivity contribution in [3.63, 3.8) is 0 Å². The van der Waals surface area contributed by atoms with Crippen molar-refractivity contribution in [3.8, 4) is 6.07 Å². The zero-order valence-corrected chi connectivity index (χ0v) is 9.16. The Hall–Kier alpha value is -1.04. The van der Waals surface area contributed by atoms with E-state index in [2.05, 4.69) is 6.07 Å². The quantitative estimate of drug-likeness (QED) is 0.671. The Kier molecular flexibility index (Phi) is 3.51. The Morgan fingerprint density at radius 1 is 1.57 bits per heavy atom. The Bertz CT molecular complexity index is 255. The number of amides is 1. The van der Waals surface area contributed by atoms with Gasteiger partial charge in [-0.25, -0.2) is 0 Å². The minimum absolute atomic E-state index is 0.0706. The molecule has 1 aliphatic rings. The summed E-state index contributed by atoms with van der Waals surface area (Å²) in [6, 6.07) is 2.27. The van der Waals surface area contributed by atoms with Crippen molar-refractivity contribution >= 4 is 5.91 Å². The molecule has 1 heterocycles. The number of rotatable bonds is 2. The number of carbonyl (C=O) groups excluding carboxylic acids is 1. The lowest BCUT2D eigenvalue weighted by molar-refractivity contribution is -0.138. The third-order valence-corrected chi connectivity index (χ3v) is 3.00. The van der Waals surface area contributed by atoms with E-state index in [4.69, 9.17) is 5.26 Å². The predicted molar refractivity (Wildman–Crippen MR) is 54.3 cm³/mol. The summed E-state index contributed by atoms with van der Waals surface area (Å²) >= 11 is 0. The van der Waals surface area contributed by atoms with Crippen molar-refractivity contribution in [2.45, 2.75) is 26.7 Å². The number of piperidine rings is 1. The molecule has 1 aliphatic heterocycles. The number of nitrogens with zero attached hydrogens (tertiary/aromatic N) is 2. The minimum Gasteiger partial charge on any atom is -0.345 e. The average molecular weight is 194 g/mol. The lowest BCUT2D eigenvalue weighted by Gasteiger charge is -2.32. The fraction of sp³-hybridized carbons (Fsp3) is 0.818. The molecule has 1 fully saturated rings. The van der Waals surface area contributed by atoms with Crippen LogP contribution in [0.1, 0.15) is 26.7 Å². The summed E-state index contributed by atoms with van der Waals surface area (Å²) in [7, 11) is 1.82. The fourth-order valence-electron chi connectivity index (χ4n) is 2.10. The van der Waals surface area contributed by atoms with Gasteiger partial charge in [-0.1, -0.05) is 13.8 Å². The first-order chi connectivity index (χ1) is 6.57. The molecule has 1 amide bonds. The number of likely N-dealkylation sites (tertiary alicyclic amines) is 1. The second-order valence-corrected chi connectivity index (χ2v) is 4.41. The lowest BCUT2D eigenvalue weighted by Crippen LogP contribution is -2.42. The predicted octanol–water partition coefficient (Wildman–Crippen LogP) is 1.65. The molecule has 78 valence electrons. The maximum atomic E-state index is 11.8. The van der Waals surface area contributed by atoms with Crippen LogP contribution in [0.4, 0.5) is 0 Å². The molecule has 3 heteroatoms. The van der Waals surface area contributed by atoms with Crippen molar-refractivity contribution in [3.05, 3.63) is 0 Å². The first-order valence-corrected chi connectivity index (χ1v) is 5.22. The highest BCUT2D eigenvalue weighted by molar-refractivity contribution is 5.79. The molecule has 0 aliphatic carbocycles. The maximum Gasteiger partial charge on any atom is 0.226 e. The Labute approximate surface area is 85.7 Å². The van der Waals surface area contributed by atoms with Gasteiger partial charge in [-0.15, -0.1) is 0 Å². The zero-order valence-electron chi connectivity index (χ0n) is 9.16. The Morgan fingerprint density at radius 2 is 2.21 bits per heavy atom. The van der Waals surface area contributed by atoms with E-state index in [0.29, 0.717) is 0 Å². The van der Waals surface area contributed by atoms with Crippen molar-refractivity contribution in [2.75, 3.05) is 13.6 Å². The maximum absolute atomic E-state index is 11.8. The summed E-state index contributed by atoms with van der Waals surface area (Å²) in [4.78, 5) is 13.6. The van der Waals surface area contributed by atoms with E-state index in [0.717, 1.165) is 19.4 Å². The molecule has 0 radical (unpaired) electrons. The normalized spacial score (nSPS) is 24.9. The van der Waals surface area contributed by atoms with Crippen LogP contribution in [-0.2, 0) is 4.79 Å². The molecule has 0 spiro atoms. The van der Waals surface area contributed by atoms with Gasteiger partial charge in [-0.2, -0.15) is 5.26 Å². The summed E-state index contributed by atoms with van der Waals surface area (Å²) in [6.07, 6.45) is 1.90. The van der Waals surface area contributed by atoms with E-state index >= 15 is 0 Å². The van der Waals surface area contributed by atoms with Gasteiger partial charge in [0.1, 0.15) is 0 Å². The van der Waals surface area contributed by atoms with Gasteiger partial charge in [0.05, 0.1) is 17.9 Å². The van der Waals surface area contributed by atoms with Crippen LogP contribution in [0, 0.1) is 29.1 Å². The van der Waals surface area contributed by atoms with E-state index in [1.54, 1.807) is 4.90 Å². The molecule has 0 aromatic carbocycles. The molecule has 0 aromatic rings. The first kappa shape index (κ1) is 11.0. The molecular formula is C11H18N2O. The van der Waals surface area contributed by atoms with Crippen LogP contribution in [-0.4, -0.2) is 24.4 Å². The van der Waals surface area contributed by atoms with Gasteiger partial charge in [-0.3, -0.25) is 4.79 Å². The summed E-state index contributed by atoms with van der Waals surface area (Å²) in [5, 5.41) is 9.03. The minimum atomic E-state index is -0.120. The van der Waals surface area contributed by atoms with Crippen molar-refractivity contribution in [1.82, 2.24) is 4.90 Å². The van der Waals surface area contributed by atoms with Gasteiger partial charge >= 0.3 is 0 Å². The highest BCUT2D eigenvalue weighted by Gasteiger charge is 2.34. The third kappa shape index (κ3) is 2.06. The number of nitriles is 1. The van der Waals surface area contributed by atoms with Crippen LogP contribution in [0.15, 0.2) is 0 Å². The van der Waals surface area contributed by atoms with E-state index in [1.807, 2.05) is 20.9 Å². The first-order valence-electron chi connectivity index (χ1n) is 5.22. The Morgan fingerprint density at radius 3 is 2.71 bits per heavy atom. The van der Waals surface area contributed by atoms with Gasteiger partial charge in [0.2, 0.25) is 5.91 Å². The monoisotopic (exact) mass is 194 g/mol. The van der Waals surface area contributed by atoms with E-state index < -0.39 is 0 Å². The number of hydrogen-bond acceptors (Lipinski definition) is 2. The third-order valence-electron chi connectivity index (χ3n) is 3.00. The zero-order chi connectivity index (χ0) is 10.7. The lowest BCUT2D eigenvalue weighted by atomic mass is 9.79. The summed E-state index contributed by atoms with van der Waals surface area (Å²) in [5.74, 6) is 0.223. The van der Waals surface area contributed by atoms with Gasteiger partial charge in [0.15, 0.2) is 0 Å². The summed E-state index contributed by atoms with van der Waals surface area (Å²) in [5.41, 5.74) is 0. The number of hydrogen-bond donors (Lipinski definition) is 0. The van der Waals surface area contributed by atoms with Crippen molar-refractivity contribution in [1.29, 1.82) is 5.26 Å². The standard InChI is InChI=1S/C11H18N2O/c1-8(2)10(7-12)9-5-4-6-13(3)11(9)14/h8-10H,4-6H2,1-3H3. The molecule has 0 bridgehead atoms. The topological polar surface area (TPSA) is 44.1 Å². The van der Waals surface area contributed by atoms with Crippen LogP contribution < -0.4 is 0 Å².